The van der Waals surface area contributed by atoms with Crippen molar-refractivity contribution >= 4 is 40.4 Å². The first-order chi connectivity index (χ1) is 10.1. The molecule has 2 aromatic rings. The van der Waals surface area contributed by atoms with Gasteiger partial charge in [-0.1, -0.05) is 23.7 Å². The van der Waals surface area contributed by atoms with Gasteiger partial charge in [0.15, 0.2) is 11.5 Å². The molecule has 0 spiro atoms. The number of ether oxygens (including phenoxy) is 1. The maximum Gasteiger partial charge on any atom is 0.171 e. The predicted molar refractivity (Wildman–Crippen MR) is 93.3 cm³/mol. The third-order valence-electron chi connectivity index (χ3n) is 2.77. The third kappa shape index (κ3) is 4.50. The van der Waals surface area contributed by atoms with E-state index in [1.54, 1.807) is 12.3 Å². The Kier molecular flexibility index (Phi) is 5.69. The molecule has 0 heterocycles. The Morgan fingerprint density at radius 1 is 1.33 bits per heavy atom. The van der Waals surface area contributed by atoms with Crippen LogP contribution in [0.15, 0.2) is 41.5 Å². The lowest BCUT2D eigenvalue weighted by Crippen LogP contribution is -2.05. The summed E-state index contributed by atoms with van der Waals surface area (Å²) in [5.74, 6) is 0.574. The fraction of sp³-hybridized carbons (Fsp3) is 0.133. The van der Waals surface area contributed by atoms with Gasteiger partial charge in [0.05, 0.1) is 23.4 Å². The maximum absolute atomic E-state index is 9.76. The Balaban J connectivity index is 1.98. The molecule has 6 heteroatoms. The van der Waals surface area contributed by atoms with Crippen LogP contribution in [0.2, 0.25) is 5.02 Å². The van der Waals surface area contributed by atoms with Crippen molar-refractivity contribution in [1.82, 2.24) is 5.43 Å². The van der Waals surface area contributed by atoms with Crippen molar-refractivity contribution in [3.63, 3.8) is 0 Å². The molecule has 0 saturated carbocycles. The molecule has 0 amide bonds. The van der Waals surface area contributed by atoms with Gasteiger partial charge in [-0.3, -0.25) is 0 Å². The standard InChI is InChI=1S/C15H14ClIN2O2/c1-21-14-7-11(6-13(17)15(14)20)9-19-18-8-10-2-4-12(16)5-3-10/h2-7,9,18,20H,8H2,1H3/b19-9-. The average molecular weight is 417 g/mol. The van der Waals surface area contributed by atoms with Crippen LogP contribution >= 0.6 is 34.2 Å². The van der Waals surface area contributed by atoms with E-state index < -0.39 is 0 Å². The van der Waals surface area contributed by atoms with Gasteiger partial charge in [-0.2, -0.15) is 5.10 Å². The SMILES string of the molecule is COc1cc(/C=N\NCc2ccc(Cl)cc2)cc(I)c1O. The zero-order chi connectivity index (χ0) is 15.2. The van der Waals surface area contributed by atoms with Crippen LogP contribution in [0.4, 0.5) is 0 Å². The summed E-state index contributed by atoms with van der Waals surface area (Å²) in [6.45, 7) is 0.611. The van der Waals surface area contributed by atoms with Crippen LogP contribution in [0.5, 0.6) is 11.5 Å². The molecule has 0 bridgehead atoms. The molecular weight excluding hydrogens is 403 g/mol. The van der Waals surface area contributed by atoms with Gasteiger partial charge in [-0.05, 0) is 58.0 Å². The second-order valence-electron chi connectivity index (χ2n) is 4.27. The van der Waals surface area contributed by atoms with E-state index >= 15 is 0 Å². The second-order valence-corrected chi connectivity index (χ2v) is 5.87. The van der Waals surface area contributed by atoms with Gasteiger partial charge in [0, 0.05) is 5.02 Å². The lowest BCUT2D eigenvalue weighted by molar-refractivity contribution is 0.371. The molecule has 0 saturated heterocycles. The normalized spacial score (nSPS) is 10.8. The van der Waals surface area contributed by atoms with Crippen LogP contribution in [0, 0.1) is 3.57 Å². The fourth-order valence-corrected chi connectivity index (χ4v) is 2.43. The summed E-state index contributed by atoms with van der Waals surface area (Å²) in [4.78, 5) is 0. The number of aromatic hydroxyl groups is 1. The molecule has 2 aromatic carbocycles. The van der Waals surface area contributed by atoms with Gasteiger partial charge >= 0.3 is 0 Å². The van der Waals surface area contributed by atoms with E-state index in [0.29, 0.717) is 20.9 Å². The molecule has 0 aliphatic carbocycles. The highest BCUT2D eigenvalue weighted by atomic mass is 127. The van der Waals surface area contributed by atoms with Crippen LogP contribution in [-0.4, -0.2) is 18.4 Å². The molecule has 110 valence electrons. The molecule has 0 unspecified atom stereocenters. The molecule has 0 aromatic heterocycles. The highest BCUT2D eigenvalue weighted by Crippen LogP contribution is 2.31. The first-order valence-electron chi connectivity index (χ1n) is 6.17. The molecule has 4 nitrogen and oxygen atoms in total. The number of methoxy groups -OCH3 is 1. The quantitative estimate of drug-likeness (QED) is 0.443. The van der Waals surface area contributed by atoms with Crippen molar-refractivity contribution in [2.24, 2.45) is 5.10 Å². The summed E-state index contributed by atoms with van der Waals surface area (Å²) in [6, 6.07) is 11.1. The van der Waals surface area contributed by atoms with Gasteiger partial charge in [-0.25, -0.2) is 0 Å². The Hall–Kier alpha value is -1.47. The number of phenols is 1. The molecular formula is C15H14ClIN2O2. The van der Waals surface area contributed by atoms with Crippen molar-refractivity contribution in [1.29, 1.82) is 0 Å². The molecule has 2 rings (SSSR count). The molecule has 2 N–H and O–H groups in total. The first-order valence-corrected chi connectivity index (χ1v) is 7.62. The summed E-state index contributed by atoms with van der Waals surface area (Å²) in [6.07, 6.45) is 1.68. The van der Waals surface area contributed by atoms with E-state index in [-0.39, 0.29) is 5.75 Å². The van der Waals surface area contributed by atoms with Crippen LogP contribution < -0.4 is 10.2 Å². The van der Waals surface area contributed by atoms with Crippen molar-refractivity contribution < 1.29 is 9.84 Å². The topological polar surface area (TPSA) is 53.8 Å². The van der Waals surface area contributed by atoms with E-state index in [1.165, 1.54) is 7.11 Å². The first kappa shape index (κ1) is 15.9. The number of phenolic OH excluding ortho intramolecular Hbond substituents is 1. The average Bonchev–Trinajstić information content (AvgIpc) is 2.48. The predicted octanol–water partition coefficient (Wildman–Crippen LogP) is 3.78. The van der Waals surface area contributed by atoms with Gasteiger partial charge in [0.2, 0.25) is 0 Å². The Morgan fingerprint density at radius 3 is 2.71 bits per heavy atom. The van der Waals surface area contributed by atoms with Crippen LogP contribution in [0.3, 0.4) is 0 Å². The number of benzene rings is 2. The molecule has 0 aliphatic rings. The van der Waals surface area contributed by atoms with E-state index in [1.807, 2.05) is 52.9 Å². The summed E-state index contributed by atoms with van der Waals surface area (Å²) in [7, 11) is 1.52. The summed E-state index contributed by atoms with van der Waals surface area (Å²) in [5.41, 5.74) is 4.90. The van der Waals surface area contributed by atoms with Gasteiger partial charge < -0.3 is 15.3 Å². The van der Waals surface area contributed by atoms with Crippen molar-refractivity contribution in [3.05, 3.63) is 56.1 Å². The molecule has 21 heavy (non-hydrogen) atoms. The minimum atomic E-state index is 0.143. The number of nitrogens with one attached hydrogen (secondary N) is 1. The molecule has 0 aliphatic heterocycles. The Morgan fingerprint density at radius 2 is 2.05 bits per heavy atom. The van der Waals surface area contributed by atoms with E-state index in [9.17, 15) is 5.11 Å². The zero-order valence-electron chi connectivity index (χ0n) is 11.3. The lowest BCUT2D eigenvalue weighted by atomic mass is 10.2. The Labute approximate surface area is 141 Å². The third-order valence-corrected chi connectivity index (χ3v) is 3.85. The number of halogens is 2. The number of hydrogen-bond donors (Lipinski definition) is 2. The maximum atomic E-state index is 9.76. The number of hydrazone groups is 1. The Bertz CT molecular complexity index is 645. The van der Waals surface area contributed by atoms with E-state index in [0.717, 1.165) is 11.1 Å². The number of hydrogen-bond acceptors (Lipinski definition) is 4. The van der Waals surface area contributed by atoms with Crippen LogP contribution in [-0.2, 0) is 6.54 Å². The zero-order valence-corrected chi connectivity index (χ0v) is 14.2. The lowest BCUT2D eigenvalue weighted by Gasteiger charge is -2.06. The van der Waals surface area contributed by atoms with Crippen molar-refractivity contribution in [2.45, 2.75) is 6.54 Å². The number of nitrogens with zero attached hydrogens (tertiary/aromatic N) is 1. The highest BCUT2D eigenvalue weighted by Gasteiger charge is 2.07. The monoisotopic (exact) mass is 416 g/mol. The second kappa shape index (κ2) is 7.51. The summed E-state index contributed by atoms with van der Waals surface area (Å²) in [5, 5.41) is 14.6. The molecule has 0 radical (unpaired) electrons. The largest absolute Gasteiger partial charge is 0.504 e. The smallest absolute Gasteiger partial charge is 0.171 e. The van der Waals surface area contributed by atoms with Crippen LogP contribution in [0.25, 0.3) is 0 Å². The van der Waals surface area contributed by atoms with E-state index in [4.69, 9.17) is 16.3 Å². The van der Waals surface area contributed by atoms with Crippen LogP contribution in [0.1, 0.15) is 11.1 Å². The summed E-state index contributed by atoms with van der Waals surface area (Å²) < 4.78 is 5.82. The molecule has 0 fully saturated rings. The van der Waals surface area contributed by atoms with E-state index in [2.05, 4.69) is 10.5 Å². The number of rotatable bonds is 5. The minimum absolute atomic E-state index is 0.143. The molecule has 0 atom stereocenters. The van der Waals surface area contributed by atoms with Gasteiger partial charge in [0.25, 0.3) is 0 Å². The van der Waals surface area contributed by atoms with Gasteiger partial charge in [0.1, 0.15) is 0 Å². The van der Waals surface area contributed by atoms with Crippen molar-refractivity contribution in [3.8, 4) is 11.5 Å². The minimum Gasteiger partial charge on any atom is -0.504 e. The van der Waals surface area contributed by atoms with Crippen molar-refractivity contribution in [2.75, 3.05) is 7.11 Å². The van der Waals surface area contributed by atoms with Gasteiger partial charge in [-0.15, -0.1) is 0 Å². The summed E-state index contributed by atoms with van der Waals surface area (Å²) >= 11 is 7.87. The highest BCUT2D eigenvalue weighted by molar-refractivity contribution is 14.1. The fourth-order valence-electron chi connectivity index (χ4n) is 1.68.